The van der Waals surface area contributed by atoms with Gasteiger partial charge in [0.2, 0.25) is 0 Å². The maximum Gasteiger partial charge on any atom is 0.315 e. The Hall–Kier alpha value is -2.76. The van der Waals surface area contributed by atoms with Crippen molar-refractivity contribution >= 4 is 11.8 Å². The van der Waals surface area contributed by atoms with Crippen LogP contribution in [0.1, 0.15) is 42.5 Å². The summed E-state index contributed by atoms with van der Waals surface area (Å²) in [6.07, 6.45) is 4.24. The van der Waals surface area contributed by atoms with Crippen LogP contribution >= 0.6 is 0 Å². The van der Waals surface area contributed by atoms with Gasteiger partial charge in [0.15, 0.2) is 0 Å². The standard InChI is InChI=1S/C21H28N4O2/c1-15-6-7-19(27-3)18(12-15)16(2)24-21(26)23-14-17-8-9-22-20(13-17)25-10-4-5-11-25/h6-9,12-13,16H,4-5,10-11,14H2,1-3H3,(H2,23,24,26). The maximum absolute atomic E-state index is 12.3. The number of carbonyl (C=O) groups is 1. The maximum atomic E-state index is 12.3. The number of hydrogen-bond donors (Lipinski definition) is 2. The van der Waals surface area contributed by atoms with Crippen molar-refractivity contribution in [2.24, 2.45) is 0 Å². The molecule has 1 aromatic heterocycles. The summed E-state index contributed by atoms with van der Waals surface area (Å²) in [5, 5.41) is 5.91. The average Bonchev–Trinajstić information content (AvgIpc) is 3.21. The van der Waals surface area contributed by atoms with Crippen LogP contribution in [0.2, 0.25) is 0 Å². The molecule has 1 aliphatic heterocycles. The van der Waals surface area contributed by atoms with Gasteiger partial charge in [0.1, 0.15) is 11.6 Å². The Kier molecular flexibility index (Phi) is 6.16. The highest BCUT2D eigenvalue weighted by Gasteiger charge is 2.15. The number of aryl methyl sites for hydroxylation is 1. The summed E-state index contributed by atoms with van der Waals surface area (Å²) < 4.78 is 5.41. The number of pyridine rings is 1. The smallest absolute Gasteiger partial charge is 0.315 e. The second-order valence-corrected chi connectivity index (χ2v) is 7.01. The first-order valence-corrected chi connectivity index (χ1v) is 9.45. The van der Waals surface area contributed by atoms with Crippen LogP contribution < -0.4 is 20.3 Å². The topological polar surface area (TPSA) is 66.5 Å². The van der Waals surface area contributed by atoms with Crippen LogP contribution in [0, 0.1) is 6.92 Å². The lowest BCUT2D eigenvalue weighted by molar-refractivity contribution is 0.237. The van der Waals surface area contributed by atoms with Gasteiger partial charge in [-0.1, -0.05) is 17.7 Å². The van der Waals surface area contributed by atoms with Crippen LogP contribution in [0.3, 0.4) is 0 Å². The lowest BCUT2D eigenvalue weighted by Gasteiger charge is -2.19. The molecule has 2 heterocycles. The van der Waals surface area contributed by atoms with Gasteiger partial charge in [-0.25, -0.2) is 9.78 Å². The molecule has 6 heteroatoms. The van der Waals surface area contributed by atoms with E-state index in [4.69, 9.17) is 4.74 Å². The van der Waals surface area contributed by atoms with E-state index in [1.807, 2.05) is 44.3 Å². The monoisotopic (exact) mass is 368 g/mol. The van der Waals surface area contributed by atoms with E-state index in [0.717, 1.165) is 41.3 Å². The van der Waals surface area contributed by atoms with Crippen LogP contribution in [0.5, 0.6) is 5.75 Å². The van der Waals surface area contributed by atoms with Crippen LogP contribution in [-0.4, -0.2) is 31.2 Å². The minimum absolute atomic E-state index is 0.155. The van der Waals surface area contributed by atoms with Gasteiger partial charge in [-0.2, -0.15) is 0 Å². The van der Waals surface area contributed by atoms with E-state index in [-0.39, 0.29) is 12.1 Å². The number of carbonyl (C=O) groups excluding carboxylic acids is 1. The summed E-state index contributed by atoms with van der Waals surface area (Å²) in [6.45, 7) is 6.55. The van der Waals surface area contributed by atoms with Gasteiger partial charge < -0.3 is 20.3 Å². The molecule has 2 amide bonds. The van der Waals surface area contributed by atoms with Gasteiger partial charge in [-0.05, 0) is 50.5 Å². The van der Waals surface area contributed by atoms with Gasteiger partial charge in [-0.3, -0.25) is 0 Å². The molecule has 1 aliphatic rings. The number of nitrogens with one attached hydrogen (secondary N) is 2. The molecular weight excluding hydrogens is 340 g/mol. The second kappa shape index (κ2) is 8.75. The van der Waals surface area contributed by atoms with Gasteiger partial charge in [0.25, 0.3) is 0 Å². The predicted molar refractivity (Wildman–Crippen MR) is 107 cm³/mol. The molecule has 0 radical (unpaired) electrons. The third-order valence-corrected chi connectivity index (χ3v) is 4.89. The molecule has 0 spiro atoms. The van der Waals surface area contributed by atoms with Crippen molar-refractivity contribution in [2.45, 2.75) is 39.3 Å². The fourth-order valence-electron chi connectivity index (χ4n) is 3.39. The zero-order valence-electron chi connectivity index (χ0n) is 16.3. The SMILES string of the molecule is COc1ccc(C)cc1C(C)NC(=O)NCc1ccnc(N2CCCC2)c1. The molecule has 2 aromatic rings. The number of rotatable bonds is 6. The van der Waals surface area contributed by atoms with E-state index in [0.29, 0.717) is 6.54 Å². The number of urea groups is 1. The van der Waals surface area contributed by atoms with Crippen LogP contribution in [0.15, 0.2) is 36.5 Å². The van der Waals surface area contributed by atoms with Gasteiger partial charge in [-0.15, -0.1) is 0 Å². The first kappa shape index (κ1) is 19.0. The third-order valence-electron chi connectivity index (χ3n) is 4.89. The van der Waals surface area contributed by atoms with Crippen molar-refractivity contribution < 1.29 is 9.53 Å². The molecule has 0 bridgehead atoms. The van der Waals surface area contributed by atoms with Crippen molar-refractivity contribution in [3.05, 3.63) is 53.2 Å². The largest absolute Gasteiger partial charge is 0.496 e. The number of amides is 2. The summed E-state index contributed by atoms with van der Waals surface area (Å²) in [4.78, 5) is 19.1. The lowest BCUT2D eigenvalue weighted by atomic mass is 10.0. The molecule has 144 valence electrons. The molecule has 0 saturated carbocycles. The Morgan fingerprint density at radius 3 is 2.78 bits per heavy atom. The number of anilines is 1. The summed E-state index contributed by atoms with van der Waals surface area (Å²) >= 11 is 0. The zero-order valence-corrected chi connectivity index (χ0v) is 16.3. The minimum Gasteiger partial charge on any atom is -0.496 e. The number of aromatic nitrogens is 1. The summed E-state index contributed by atoms with van der Waals surface area (Å²) in [5.74, 6) is 1.77. The Morgan fingerprint density at radius 2 is 2.04 bits per heavy atom. The quantitative estimate of drug-likeness (QED) is 0.818. The van der Waals surface area contributed by atoms with Crippen LogP contribution in [-0.2, 0) is 6.54 Å². The number of methoxy groups -OCH3 is 1. The molecule has 1 aromatic carbocycles. The summed E-state index contributed by atoms with van der Waals surface area (Å²) in [6, 6.07) is 9.59. The van der Waals surface area contributed by atoms with E-state index < -0.39 is 0 Å². The molecule has 1 fully saturated rings. The Bertz CT molecular complexity index is 788. The average molecular weight is 368 g/mol. The number of ether oxygens (including phenoxy) is 1. The first-order valence-electron chi connectivity index (χ1n) is 9.45. The molecule has 6 nitrogen and oxygen atoms in total. The highest BCUT2D eigenvalue weighted by molar-refractivity contribution is 5.74. The van der Waals surface area contributed by atoms with Crippen molar-refractivity contribution in [1.29, 1.82) is 0 Å². The second-order valence-electron chi connectivity index (χ2n) is 7.01. The molecule has 3 rings (SSSR count). The molecule has 0 aliphatic carbocycles. The highest BCUT2D eigenvalue weighted by Crippen LogP contribution is 2.26. The summed E-state index contributed by atoms with van der Waals surface area (Å²) in [7, 11) is 1.64. The Morgan fingerprint density at radius 1 is 1.26 bits per heavy atom. The summed E-state index contributed by atoms with van der Waals surface area (Å²) in [5.41, 5.74) is 3.14. The predicted octanol–water partition coefficient (Wildman–Crippen LogP) is 3.56. The van der Waals surface area contributed by atoms with E-state index in [9.17, 15) is 4.79 Å². The normalized spacial score (nSPS) is 14.7. The Balaban J connectivity index is 1.57. The fraction of sp³-hybridized carbons (Fsp3) is 0.429. The molecule has 27 heavy (non-hydrogen) atoms. The van der Waals surface area contributed by atoms with E-state index in [1.54, 1.807) is 7.11 Å². The van der Waals surface area contributed by atoms with E-state index >= 15 is 0 Å². The first-order chi connectivity index (χ1) is 13.1. The molecular formula is C21H28N4O2. The van der Waals surface area contributed by atoms with Crippen LogP contribution in [0.25, 0.3) is 0 Å². The third kappa shape index (κ3) is 4.90. The molecule has 1 unspecified atom stereocenters. The zero-order chi connectivity index (χ0) is 19.2. The number of nitrogens with zero attached hydrogens (tertiary/aromatic N) is 2. The van der Waals surface area contributed by atoms with Gasteiger partial charge in [0.05, 0.1) is 13.2 Å². The minimum atomic E-state index is -0.203. The van der Waals surface area contributed by atoms with E-state index in [1.165, 1.54) is 12.8 Å². The Labute approximate surface area is 160 Å². The number of hydrogen-bond acceptors (Lipinski definition) is 4. The highest BCUT2D eigenvalue weighted by atomic mass is 16.5. The molecule has 1 atom stereocenters. The van der Waals surface area contributed by atoms with E-state index in [2.05, 4.69) is 26.6 Å². The number of benzene rings is 1. The van der Waals surface area contributed by atoms with Crippen molar-refractivity contribution in [3.8, 4) is 5.75 Å². The molecule has 2 N–H and O–H groups in total. The van der Waals surface area contributed by atoms with Crippen LogP contribution in [0.4, 0.5) is 10.6 Å². The lowest BCUT2D eigenvalue weighted by Crippen LogP contribution is -2.36. The fourth-order valence-corrected chi connectivity index (χ4v) is 3.39. The molecule has 1 saturated heterocycles. The van der Waals surface area contributed by atoms with Crippen molar-refractivity contribution in [3.63, 3.8) is 0 Å². The van der Waals surface area contributed by atoms with Crippen molar-refractivity contribution in [1.82, 2.24) is 15.6 Å². The van der Waals surface area contributed by atoms with Gasteiger partial charge >= 0.3 is 6.03 Å². The van der Waals surface area contributed by atoms with Gasteiger partial charge in [0, 0.05) is 31.4 Å². The van der Waals surface area contributed by atoms with Crippen molar-refractivity contribution in [2.75, 3.05) is 25.1 Å².